The molecule has 0 heterocycles. The van der Waals surface area contributed by atoms with Gasteiger partial charge in [0, 0.05) is 79.2 Å². The monoisotopic (exact) mass is 852 g/mol. The van der Waals surface area contributed by atoms with Crippen LogP contribution in [0.4, 0.5) is 0 Å². The third-order valence-electron chi connectivity index (χ3n) is 6.17. The molecule has 302 valence electrons. The van der Waals surface area contributed by atoms with Crippen LogP contribution >= 0.6 is 0 Å². The van der Waals surface area contributed by atoms with E-state index in [2.05, 4.69) is 20.0 Å². The van der Waals surface area contributed by atoms with E-state index in [1.165, 1.54) is 34.1 Å². The van der Waals surface area contributed by atoms with E-state index in [0.29, 0.717) is 48.4 Å². The predicted octanol–water partition coefficient (Wildman–Crippen LogP) is 2.57. The van der Waals surface area contributed by atoms with Crippen LogP contribution in [0.3, 0.4) is 0 Å². The Bertz CT molecular complexity index is 1490. The number of amides is 2. The van der Waals surface area contributed by atoms with Gasteiger partial charge in [-0.25, -0.2) is 0 Å². The first-order chi connectivity index (χ1) is 25.1. The number of benzene rings is 4. The molecule has 0 spiro atoms. The van der Waals surface area contributed by atoms with Crippen molar-refractivity contribution in [2.24, 2.45) is 20.0 Å². The van der Waals surface area contributed by atoms with E-state index < -0.39 is 0 Å². The minimum absolute atomic E-state index is 0. The summed E-state index contributed by atoms with van der Waals surface area (Å²) in [6.07, 6.45) is 9.43. The first-order valence-electron chi connectivity index (χ1n) is 16.4. The summed E-state index contributed by atoms with van der Waals surface area (Å²) < 4.78 is 0. The van der Waals surface area contributed by atoms with Crippen molar-refractivity contribution in [2.45, 2.75) is 12.8 Å². The minimum atomic E-state index is -0.0219. The Kier molecular flexibility index (Phi) is 37.5. The van der Waals surface area contributed by atoms with Gasteiger partial charge >= 0.3 is 34.1 Å². The summed E-state index contributed by atoms with van der Waals surface area (Å²) in [5, 5.41) is 45.7. The van der Waals surface area contributed by atoms with Gasteiger partial charge in [0.25, 0.3) is 0 Å². The fourth-order valence-corrected chi connectivity index (χ4v) is 3.51. The van der Waals surface area contributed by atoms with Crippen molar-refractivity contribution >= 4 is 37.7 Å². The second-order valence-corrected chi connectivity index (χ2v) is 11.1. The molecule has 4 aromatic carbocycles. The number of nitrogens with zero attached hydrogens (tertiary/aromatic N) is 6. The first-order valence-corrected chi connectivity index (χ1v) is 16.4. The van der Waals surface area contributed by atoms with Crippen molar-refractivity contribution in [1.29, 1.82) is 0 Å². The van der Waals surface area contributed by atoms with E-state index in [9.17, 15) is 30.0 Å². The molecule has 2 N–H and O–H groups in total. The van der Waals surface area contributed by atoms with E-state index >= 15 is 0 Å². The molecule has 0 aliphatic heterocycles. The van der Waals surface area contributed by atoms with Gasteiger partial charge in [-0.2, -0.15) is 0 Å². The molecule has 16 heteroatoms. The maximum absolute atomic E-state index is 11.4. The Balaban J connectivity index is -0.000000368. The average molecular weight is 853 g/mol. The van der Waals surface area contributed by atoms with Crippen LogP contribution in [0.2, 0.25) is 0 Å². The second-order valence-electron chi connectivity index (χ2n) is 11.1. The number of carbonyl (C=O) groups is 2. The average Bonchev–Trinajstić information content (AvgIpc) is 3.14. The molecule has 0 unspecified atom stereocenters. The molecule has 2 radical (unpaired) electrons. The van der Waals surface area contributed by atoms with E-state index in [-0.39, 0.29) is 68.1 Å². The van der Waals surface area contributed by atoms with Crippen molar-refractivity contribution < 1.29 is 75.1 Å². The summed E-state index contributed by atoms with van der Waals surface area (Å²) in [6, 6.07) is 27.2. The van der Waals surface area contributed by atoms with Gasteiger partial charge in [0.2, 0.25) is 12.8 Å². The van der Waals surface area contributed by atoms with Gasteiger partial charge in [-0.1, -0.05) is 97.1 Å². The zero-order valence-electron chi connectivity index (χ0n) is 31.7. The molecule has 0 aliphatic rings. The Hall–Kier alpha value is -5.34. The van der Waals surface area contributed by atoms with Crippen molar-refractivity contribution in [1.82, 2.24) is 9.80 Å². The van der Waals surface area contributed by atoms with E-state index in [0.717, 1.165) is 25.7 Å². The SMILES string of the molecule is CN(C)C=O.CN(C)C=O.[Fe+3].[Fe+3].[O-]c1ccccc1C=NCCCN=Cc1ccccc1[O-].[O-]c1ccccc1C=NCCCN=Cc1ccccc1[O-].[OH-].[OH-]. The minimum Gasteiger partial charge on any atom is -0.872 e. The first kappa shape index (κ1) is 57.4. The van der Waals surface area contributed by atoms with Crippen LogP contribution in [0.15, 0.2) is 117 Å². The zero-order valence-corrected chi connectivity index (χ0v) is 33.9. The van der Waals surface area contributed by atoms with Gasteiger partial charge < -0.3 is 41.2 Å². The topological polar surface area (TPSA) is 242 Å². The molecule has 0 saturated heterocycles. The largest absolute Gasteiger partial charge is 3.00 e. The molecule has 0 saturated carbocycles. The molecule has 0 aliphatic carbocycles. The van der Waals surface area contributed by atoms with Gasteiger partial charge in [0.05, 0.1) is 0 Å². The Labute approximate surface area is 350 Å². The summed E-state index contributed by atoms with van der Waals surface area (Å²) in [6.45, 7) is 2.41. The van der Waals surface area contributed by atoms with Crippen molar-refractivity contribution in [3.63, 3.8) is 0 Å². The summed E-state index contributed by atoms with van der Waals surface area (Å²) in [4.78, 5) is 38.6. The predicted molar refractivity (Wildman–Crippen MR) is 206 cm³/mol. The Morgan fingerprint density at radius 2 is 0.607 bits per heavy atom. The molecule has 0 bridgehead atoms. The molecular weight excluding hydrogens is 804 g/mol. The third-order valence-corrected chi connectivity index (χ3v) is 6.17. The number of para-hydroxylation sites is 4. The summed E-state index contributed by atoms with van der Waals surface area (Å²) in [5.41, 5.74) is 2.39. The molecule has 4 aromatic rings. The molecular formula is C40H48Fe2N6O8. The van der Waals surface area contributed by atoms with Gasteiger partial charge in [0.1, 0.15) is 0 Å². The van der Waals surface area contributed by atoms with Crippen LogP contribution < -0.4 is 20.4 Å². The Morgan fingerprint density at radius 1 is 0.429 bits per heavy atom. The van der Waals surface area contributed by atoms with Crippen LogP contribution in [0.5, 0.6) is 23.0 Å². The fraction of sp³-hybridized carbons (Fsp3) is 0.250. The second kappa shape index (κ2) is 36.6. The number of hydrogen-bond donors (Lipinski definition) is 0. The van der Waals surface area contributed by atoms with Crippen LogP contribution in [0.1, 0.15) is 35.1 Å². The third kappa shape index (κ3) is 28.2. The van der Waals surface area contributed by atoms with Gasteiger partial charge in [-0.3, -0.25) is 29.6 Å². The van der Waals surface area contributed by atoms with E-state index in [4.69, 9.17) is 0 Å². The van der Waals surface area contributed by atoms with Crippen LogP contribution in [0.25, 0.3) is 0 Å². The van der Waals surface area contributed by atoms with E-state index in [1.807, 2.05) is 24.3 Å². The van der Waals surface area contributed by atoms with Crippen molar-refractivity contribution in [3.05, 3.63) is 119 Å². The molecule has 0 fully saturated rings. The van der Waals surface area contributed by atoms with Crippen LogP contribution in [-0.2, 0) is 43.7 Å². The number of hydrogen-bond acceptors (Lipinski definition) is 12. The van der Waals surface area contributed by atoms with Crippen molar-refractivity contribution in [3.8, 4) is 23.0 Å². The van der Waals surface area contributed by atoms with Crippen molar-refractivity contribution in [2.75, 3.05) is 54.4 Å². The fourth-order valence-electron chi connectivity index (χ4n) is 3.51. The van der Waals surface area contributed by atoms with Crippen LogP contribution in [0, 0.1) is 0 Å². The van der Waals surface area contributed by atoms with E-state index in [1.54, 1.807) is 102 Å². The normalized spacial score (nSPS) is 9.79. The van der Waals surface area contributed by atoms with Crippen LogP contribution in [-0.4, -0.2) is 113 Å². The molecule has 0 aromatic heterocycles. The number of aliphatic imine (C=N–C) groups is 4. The molecule has 4 rings (SSSR count). The maximum atomic E-state index is 11.4. The molecule has 56 heavy (non-hydrogen) atoms. The maximum Gasteiger partial charge on any atom is 3.00 e. The summed E-state index contributed by atoms with van der Waals surface area (Å²) >= 11 is 0. The summed E-state index contributed by atoms with van der Waals surface area (Å²) in [5.74, 6) is -0.0877. The number of rotatable bonds is 14. The zero-order chi connectivity index (χ0) is 38.4. The molecule has 14 nitrogen and oxygen atoms in total. The molecule has 0 atom stereocenters. The van der Waals surface area contributed by atoms with Gasteiger partial charge in [0.15, 0.2) is 0 Å². The van der Waals surface area contributed by atoms with Gasteiger partial charge in [-0.15, -0.1) is 23.0 Å². The Morgan fingerprint density at radius 3 is 0.768 bits per heavy atom. The van der Waals surface area contributed by atoms with Gasteiger partial charge in [-0.05, 0) is 35.1 Å². The quantitative estimate of drug-likeness (QED) is 0.0788. The molecule has 2 amide bonds. The smallest absolute Gasteiger partial charge is 0.872 e. The summed E-state index contributed by atoms with van der Waals surface area (Å²) in [7, 11) is 6.75. The standard InChI is InChI=1S/2C17H18N2O2.2C3H7NO.2Fe.2H2O/c2*20-16-8-3-1-6-14(16)12-18-10-5-11-19-13-15-7-2-4-9-17(15)21;2*1-4(2)3-5;;;;/h2*1-4,6-9,12-13,20-21H,5,10-11H2;2*3H,1-2H3;;;2*1H2/q;;;;2*+3;;/p-6. The number of carbonyl (C=O) groups excluding carboxylic acids is 2.